The third-order valence-corrected chi connectivity index (χ3v) is 11.1. The van der Waals surface area contributed by atoms with Crippen LogP contribution in [0.2, 0.25) is 0.269 Å². The minimum atomic E-state index is -0.889. The number of ether oxygens (including phenoxy) is 2. The van der Waals surface area contributed by atoms with Crippen LogP contribution in [-0.4, -0.2) is 30.1 Å². The van der Waals surface area contributed by atoms with Crippen LogP contribution in [0.25, 0.3) is 0 Å². The molecule has 4 unspecified atom stereocenters. The Morgan fingerprint density at radius 1 is 1.07 bits per heavy atom. The fourth-order valence-electron chi connectivity index (χ4n) is 6.58. The maximum absolute atomic E-state index is 12.8. The topological polar surface area (TPSA) is 78.9 Å². The van der Waals surface area contributed by atoms with Crippen molar-refractivity contribution in [3.8, 4) is 0 Å². The van der Waals surface area contributed by atoms with E-state index in [0.717, 1.165) is 12.8 Å². The van der Waals surface area contributed by atoms with Gasteiger partial charge in [-0.2, -0.15) is 0 Å². The summed E-state index contributed by atoms with van der Waals surface area (Å²) in [4.78, 5) is 41.1. The zero-order valence-corrected chi connectivity index (χ0v) is 20.1. The molecule has 4 bridgehead atoms. The molecule has 5 aliphatic rings. The van der Waals surface area contributed by atoms with Crippen molar-refractivity contribution in [1.29, 1.82) is 0 Å². The van der Waals surface area contributed by atoms with Crippen molar-refractivity contribution in [2.45, 2.75) is 78.5 Å². The van der Waals surface area contributed by atoms with Crippen LogP contribution in [0.3, 0.4) is 0 Å². The van der Waals surface area contributed by atoms with Crippen LogP contribution in [-0.2, 0) is 28.8 Å². The summed E-state index contributed by atoms with van der Waals surface area (Å²) in [6.07, 6.45) is 4.58. The van der Waals surface area contributed by atoms with Crippen molar-refractivity contribution in [2.24, 2.45) is 22.7 Å². The number of esters is 2. The summed E-state index contributed by atoms with van der Waals surface area (Å²) in [5, 5.41) is 0. The first kappa shape index (κ1) is 23.1. The molecule has 4 saturated carbocycles. The van der Waals surface area contributed by atoms with Crippen molar-refractivity contribution in [2.75, 3.05) is 6.61 Å². The van der Waals surface area contributed by atoms with Crippen molar-refractivity contribution in [3.63, 3.8) is 0 Å². The van der Waals surface area contributed by atoms with Gasteiger partial charge < -0.3 is 0 Å². The Kier molecular flexibility index (Phi) is 5.96. The number of carbonyl (C=O) groups is 3. The number of halogens is 1. The standard InChI is InChI=1S/C22H31FO6Xe/c1-13-22(30-13,11-19(2,3)4)18(26)27-10-16(24)28-21-8-14-5-15(9-21)7-20(6-14,12-21)17(25)29-23/h13-15H,5-12H2,1-4H3. The Morgan fingerprint density at radius 2 is 1.67 bits per heavy atom. The molecule has 0 aromatic rings. The fraction of sp³-hybridized carbons (Fsp3) is 0.864. The third kappa shape index (κ3) is 4.26. The summed E-state index contributed by atoms with van der Waals surface area (Å²) in [7, 11) is 0. The van der Waals surface area contributed by atoms with Crippen LogP contribution in [0.1, 0.15) is 72.6 Å². The van der Waals surface area contributed by atoms with E-state index in [-0.39, 0.29) is 67.4 Å². The van der Waals surface area contributed by atoms with Crippen LogP contribution < -0.4 is 0 Å². The molecule has 30 heavy (non-hydrogen) atoms. The first-order valence-electron chi connectivity index (χ1n) is 10.8. The van der Waals surface area contributed by atoms with Gasteiger partial charge >= 0.3 is 203 Å². The molecule has 1 heterocycles. The molecule has 0 amide bonds. The van der Waals surface area contributed by atoms with E-state index in [9.17, 15) is 18.9 Å². The zero-order chi connectivity index (χ0) is 21.9. The molecule has 0 aromatic carbocycles. The second-order valence-corrected chi connectivity index (χ2v) is 15.2. The van der Waals surface area contributed by atoms with E-state index in [1.54, 1.807) is 0 Å². The van der Waals surface area contributed by atoms with Crippen LogP contribution >= 0.6 is 0 Å². The summed E-state index contributed by atoms with van der Waals surface area (Å²) >= 11 is -0.0815. The molecular weight excluding hydrogens is 511 g/mol. The van der Waals surface area contributed by atoms with Gasteiger partial charge in [0.25, 0.3) is 0 Å². The molecule has 170 valence electrons. The Labute approximate surface area is 201 Å². The first-order chi connectivity index (χ1) is 13.9. The molecule has 1 aliphatic heterocycles. The minimum absolute atomic E-state index is 0.0114. The van der Waals surface area contributed by atoms with Crippen molar-refractivity contribution in [1.82, 2.24) is 0 Å². The molecule has 5 fully saturated rings. The fourth-order valence-corrected chi connectivity index (χ4v) is 10.1. The van der Waals surface area contributed by atoms with Crippen LogP contribution in [0.5, 0.6) is 0 Å². The molecule has 1 saturated heterocycles. The first-order valence-corrected chi connectivity index (χ1v) is 12.9. The number of carbonyl (C=O) groups excluding carboxylic acids is 3. The van der Waals surface area contributed by atoms with E-state index in [1.807, 2.05) is 0 Å². The predicted octanol–water partition coefficient (Wildman–Crippen LogP) is 4.34. The van der Waals surface area contributed by atoms with Gasteiger partial charge in [-0.1, -0.05) is 0 Å². The second-order valence-electron chi connectivity index (χ2n) is 11.1. The van der Waals surface area contributed by atoms with E-state index in [2.05, 4.69) is 32.6 Å². The number of hydrogen-bond acceptors (Lipinski definition) is 6. The normalized spacial score (nSPS) is 41.6. The average Bonchev–Trinajstić information content (AvgIpc) is 3.25. The quantitative estimate of drug-likeness (QED) is 0.466. The average molecular weight is 542 g/mol. The maximum atomic E-state index is 12.8. The Balaban J connectivity index is 1.38. The van der Waals surface area contributed by atoms with Gasteiger partial charge in [0.05, 0.1) is 0 Å². The van der Waals surface area contributed by atoms with E-state index < -0.39 is 29.4 Å². The summed E-state index contributed by atoms with van der Waals surface area (Å²) < 4.78 is 23.9. The third-order valence-electron chi connectivity index (χ3n) is 7.18. The summed E-state index contributed by atoms with van der Waals surface area (Å²) in [5.41, 5.74) is -1.65. The predicted molar refractivity (Wildman–Crippen MR) is 100 cm³/mol. The zero-order valence-electron chi connectivity index (χ0n) is 18.1. The Morgan fingerprint density at radius 3 is 2.17 bits per heavy atom. The Hall–Kier alpha value is -0.0886. The molecule has 0 aromatic heterocycles. The Bertz CT molecular complexity index is 747. The van der Waals surface area contributed by atoms with E-state index in [4.69, 9.17) is 9.47 Å². The van der Waals surface area contributed by atoms with Crippen LogP contribution in [0.4, 0.5) is 4.53 Å². The van der Waals surface area contributed by atoms with Gasteiger partial charge in [0.15, 0.2) is 0 Å². The van der Waals surface area contributed by atoms with Gasteiger partial charge in [-0.25, -0.2) is 0 Å². The molecule has 8 heteroatoms. The van der Waals surface area contributed by atoms with Gasteiger partial charge in [-0.05, 0) is 0 Å². The molecule has 0 N–H and O–H groups in total. The summed E-state index contributed by atoms with van der Waals surface area (Å²) in [5.74, 6) is -1.25. The van der Waals surface area contributed by atoms with E-state index in [0.29, 0.717) is 32.5 Å². The second kappa shape index (κ2) is 7.75. The summed E-state index contributed by atoms with van der Waals surface area (Å²) in [6, 6.07) is 0. The van der Waals surface area contributed by atoms with Gasteiger partial charge in [-0.15, -0.1) is 0 Å². The van der Waals surface area contributed by atoms with Gasteiger partial charge in [0, 0.05) is 0 Å². The van der Waals surface area contributed by atoms with Gasteiger partial charge in [0.2, 0.25) is 0 Å². The summed E-state index contributed by atoms with van der Waals surface area (Å²) in [6.45, 7) is 7.98. The molecule has 0 radical (unpaired) electrons. The molecule has 6 nitrogen and oxygen atoms in total. The van der Waals surface area contributed by atoms with Crippen molar-refractivity contribution >= 4 is 17.9 Å². The van der Waals surface area contributed by atoms with E-state index in [1.165, 1.54) is 0 Å². The van der Waals surface area contributed by atoms with Crippen LogP contribution in [0.15, 0.2) is 0 Å². The molecule has 0 spiro atoms. The van der Waals surface area contributed by atoms with Crippen molar-refractivity contribution < 1.29 is 77.5 Å². The van der Waals surface area contributed by atoms with Gasteiger partial charge in [-0.3, -0.25) is 0 Å². The molecule has 4 atom stereocenters. The van der Waals surface area contributed by atoms with E-state index >= 15 is 0 Å². The van der Waals surface area contributed by atoms with Gasteiger partial charge in [0.1, 0.15) is 0 Å². The number of rotatable bonds is 6. The SMILES string of the molecule is CC1[Xe]C1(CC(C)(C)C)C(=O)OCC(=O)OC12CC3CC(C1)CC(C(=O)OF)(C3)C2. The monoisotopic (exact) mass is 542 g/mol. The van der Waals surface area contributed by atoms with Crippen molar-refractivity contribution in [3.05, 3.63) is 0 Å². The molecule has 4 aliphatic carbocycles. The molecule has 5 rings (SSSR count). The molecular formula is C22H31FO6Xe. The number of hydrogen-bond donors (Lipinski definition) is 0. The van der Waals surface area contributed by atoms with Crippen LogP contribution in [0, 0.1) is 66.9 Å².